The molecule has 1 rings (SSSR count). The molecule has 12 heavy (non-hydrogen) atoms. The fourth-order valence-electron chi connectivity index (χ4n) is 0.993. The van der Waals surface area contributed by atoms with Crippen molar-refractivity contribution in [1.29, 1.82) is 0 Å². The van der Waals surface area contributed by atoms with E-state index in [4.69, 9.17) is 6.42 Å². The summed E-state index contributed by atoms with van der Waals surface area (Å²) in [5, 5.41) is 0.502. The quantitative estimate of drug-likeness (QED) is 0.638. The predicted octanol–water partition coefficient (Wildman–Crippen LogP) is 3.11. The molecule has 1 unspecified atom stereocenters. The zero-order chi connectivity index (χ0) is 8.81. The second-order valence-electron chi connectivity index (χ2n) is 2.57. The Morgan fingerprint density at radius 1 is 1.42 bits per heavy atom. The van der Waals surface area contributed by atoms with Crippen LogP contribution < -0.4 is 0 Å². The molecule has 0 bridgehead atoms. The van der Waals surface area contributed by atoms with Gasteiger partial charge in [0.2, 0.25) is 0 Å². The van der Waals surface area contributed by atoms with E-state index < -0.39 is 0 Å². The molecule has 0 aliphatic heterocycles. The lowest BCUT2D eigenvalue weighted by Gasteiger charge is -2.08. The molecule has 0 aliphatic carbocycles. The first-order valence-electron chi connectivity index (χ1n) is 3.94. The van der Waals surface area contributed by atoms with Gasteiger partial charge in [0.15, 0.2) is 0 Å². The zero-order valence-electron chi connectivity index (χ0n) is 7.16. The van der Waals surface area contributed by atoms with Crippen LogP contribution in [0.1, 0.15) is 17.7 Å². The molecule has 0 amide bonds. The number of terminal acetylenes is 1. The molecular formula is C11H12S. The molecule has 1 aromatic carbocycles. The van der Waals surface area contributed by atoms with Crippen molar-refractivity contribution < 1.29 is 0 Å². The molecule has 0 saturated heterocycles. The van der Waals surface area contributed by atoms with Crippen LogP contribution in [0.3, 0.4) is 0 Å². The summed E-state index contributed by atoms with van der Waals surface area (Å²) in [6.45, 7) is 2.18. The highest BCUT2D eigenvalue weighted by Crippen LogP contribution is 2.26. The summed E-state index contributed by atoms with van der Waals surface area (Å²) < 4.78 is 0. The summed E-state index contributed by atoms with van der Waals surface area (Å²) in [6.07, 6.45) is 5.18. The van der Waals surface area contributed by atoms with Crippen LogP contribution in [0.4, 0.5) is 0 Å². The minimum absolute atomic E-state index is 0.502. The van der Waals surface area contributed by atoms with E-state index in [1.54, 1.807) is 11.8 Å². The second-order valence-corrected chi connectivity index (χ2v) is 3.90. The fraction of sp³-hybridized carbons (Fsp3) is 0.273. The Bertz CT molecular complexity index is 258. The molecular weight excluding hydrogens is 164 g/mol. The highest BCUT2D eigenvalue weighted by Gasteiger charge is 2.02. The standard InChI is InChI=1S/C11H12S/c1-3-9-12-10(2)11-7-5-4-6-8-11/h1,4-8,10H,9H2,2H3. The first-order valence-corrected chi connectivity index (χ1v) is 4.99. The van der Waals surface area contributed by atoms with Gasteiger partial charge in [-0.2, -0.15) is 0 Å². The Labute approximate surface area is 78.4 Å². The van der Waals surface area contributed by atoms with Crippen molar-refractivity contribution in [3.8, 4) is 12.3 Å². The van der Waals surface area contributed by atoms with Gasteiger partial charge in [0.25, 0.3) is 0 Å². The Kier molecular flexibility index (Phi) is 3.76. The van der Waals surface area contributed by atoms with Gasteiger partial charge >= 0.3 is 0 Å². The molecule has 0 aliphatic rings. The summed E-state index contributed by atoms with van der Waals surface area (Å²) >= 11 is 1.79. The third-order valence-electron chi connectivity index (χ3n) is 1.69. The highest BCUT2D eigenvalue weighted by molar-refractivity contribution is 7.99. The van der Waals surface area contributed by atoms with Gasteiger partial charge in [0.1, 0.15) is 0 Å². The highest BCUT2D eigenvalue weighted by atomic mass is 32.2. The first-order chi connectivity index (χ1) is 5.84. The van der Waals surface area contributed by atoms with E-state index in [0.717, 1.165) is 5.75 Å². The normalized spacial score (nSPS) is 12.0. The number of hydrogen-bond donors (Lipinski definition) is 0. The first kappa shape index (κ1) is 9.22. The Hall–Kier alpha value is -0.870. The van der Waals surface area contributed by atoms with E-state index in [0.29, 0.717) is 5.25 Å². The van der Waals surface area contributed by atoms with E-state index in [2.05, 4.69) is 37.1 Å². The molecule has 0 fully saturated rings. The minimum Gasteiger partial charge on any atom is -0.141 e. The number of thioether (sulfide) groups is 1. The predicted molar refractivity (Wildman–Crippen MR) is 56.1 cm³/mol. The van der Waals surface area contributed by atoms with Crippen molar-refractivity contribution in [3.63, 3.8) is 0 Å². The largest absolute Gasteiger partial charge is 0.141 e. The van der Waals surface area contributed by atoms with Crippen LogP contribution in [0, 0.1) is 12.3 Å². The van der Waals surface area contributed by atoms with Crippen LogP contribution in [0.5, 0.6) is 0 Å². The summed E-state index contributed by atoms with van der Waals surface area (Å²) in [6, 6.07) is 10.4. The van der Waals surface area contributed by atoms with Crippen LogP contribution in [-0.2, 0) is 0 Å². The maximum absolute atomic E-state index is 5.18. The third-order valence-corrected chi connectivity index (χ3v) is 2.79. The van der Waals surface area contributed by atoms with Gasteiger partial charge in [-0.3, -0.25) is 0 Å². The van der Waals surface area contributed by atoms with E-state index in [9.17, 15) is 0 Å². The Morgan fingerprint density at radius 2 is 2.08 bits per heavy atom. The lowest BCUT2D eigenvalue weighted by Crippen LogP contribution is -1.87. The van der Waals surface area contributed by atoms with Crippen molar-refractivity contribution in [2.45, 2.75) is 12.2 Å². The SMILES string of the molecule is C#CCSC(C)c1ccccc1. The molecule has 62 valence electrons. The Balaban J connectivity index is 2.55. The summed E-state index contributed by atoms with van der Waals surface area (Å²) in [7, 11) is 0. The van der Waals surface area contributed by atoms with Crippen molar-refractivity contribution in [2.75, 3.05) is 5.75 Å². The topological polar surface area (TPSA) is 0 Å². The van der Waals surface area contributed by atoms with Gasteiger partial charge in [-0.05, 0) is 12.5 Å². The van der Waals surface area contributed by atoms with E-state index in [-0.39, 0.29) is 0 Å². The van der Waals surface area contributed by atoms with Gasteiger partial charge in [0.05, 0.1) is 5.75 Å². The molecule has 1 atom stereocenters. The smallest absolute Gasteiger partial charge is 0.0550 e. The lowest BCUT2D eigenvalue weighted by atomic mass is 10.2. The minimum atomic E-state index is 0.502. The third kappa shape index (κ3) is 2.64. The molecule has 0 spiro atoms. The zero-order valence-corrected chi connectivity index (χ0v) is 7.97. The van der Waals surface area contributed by atoms with Crippen LogP contribution in [0.2, 0.25) is 0 Å². The lowest BCUT2D eigenvalue weighted by molar-refractivity contribution is 1.10. The molecule has 0 radical (unpaired) electrons. The molecule has 0 aromatic heterocycles. The number of hydrogen-bond acceptors (Lipinski definition) is 1. The van der Waals surface area contributed by atoms with Gasteiger partial charge in [-0.1, -0.05) is 36.3 Å². The van der Waals surface area contributed by atoms with E-state index in [1.165, 1.54) is 5.56 Å². The average molecular weight is 176 g/mol. The monoisotopic (exact) mass is 176 g/mol. The Morgan fingerprint density at radius 3 is 2.67 bits per heavy atom. The molecule has 0 heterocycles. The van der Waals surface area contributed by atoms with Crippen molar-refractivity contribution in [2.24, 2.45) is 0 Å². The maximum Gasteiger partial charge on any atom is 0.0550 e. The van der Waals surface area contributed by atoms with Gasteiger partial charge in [-0.25, -0.2) is 0 Å². The van der Waals surface area contributed by atoms with Crippen molar-refractivity contribution in [1.82, 2.24) is 0 Å². The van der Waals surface area contributed by atoms with Crippen LogP contribution in [0.15, 0.2) is 30.3 Å². The van der Waals surface area contributed by atoms with Crippen LogP contribution in [-0.4, -0.2) is 5.75 Å². The summed E-state index contributed by atoms with van der Waals surface area (Å²) in [4.78, 5) is 0. The molecule has 1 heteroatoms. The summed E-state index contributed by atoms with van der Waals surface area (Å²) in [5.74, 6) is 3.42. The van der Waals surface area contributed by atoms with E-state index in [1.807, 2.05) is 6.07 Å². The van der Waals surface area contributed by atoms with Crippen molar-refractivity contribution >= 4 is 11.8 Å². The maximum atomic E-state index is 5.18. The number of rotatable bonds is 3. The molecule has 0 N–H and O–H groups in total. The van der Waals surface area contributed by atoms with Gasteiger partial charge < -0.3 is 0 Å². The summed E-state index contributed by atoms with van der Waals surface area (Å²) in [5.41, 5.74) is 1.35. The van der Waals surface area contributed by atoms with Crippen LogP contribution >= 0.6 is 11.8 Å². The molecule has 1 aromatic rings. The molecule has 0 nitrogen and oxygen atoms in total. The average Bonchev–Trinajstić information content (AvgIpc) is 2.15. The second kappa shape index (κ2) is 4.90. The van der Waals surface area contributed by atoms with Crippen LogP contribution in [0.25, 0.3) is 0 Å². The van der Waals surface area contributed by atoms with Gasteiger partial charge in [-0.15, -0.1) is 18.2 Å². The fourth-order valence-corrected chi connectivity index (χ4v) is 1.69. The van der Waals surface area contributed by atoms with Crippen molar-refractivity contribution in [3.05, 3.63) is 35.9 Å². The van der Waals surface area contributed by atoms with Gasteiger partial charge in [0, 0.05) is 5.25 Å². The molecule has 0 saturated carbocycles. The number of benzene rings is 1. The van der Waals surface area contributed by atoms with E-state index >= 15 is 0 Å².